The van der Waals surface area contributed by atoms with E-state index in [9.17, 15) is 17.6 Å². The molecule has 0 aromatic heterocycles. The van der Waals surface area contributed by atoms with Crippen molar-refractivity contribution in [2.24, 2.45) is 0 Å². The van der Waals surface area contributed by atoms with Crippen LogP contribution in [-0.4, -0.2) is 58.3 Å². The lowest BCUT2D eigenvalue weighted by atomic mass is 10.1. The van der Waals surface area contributed by atoms with Gasteiger partial charge in [0.1, 0.15) is 11.6 Å². The van der Waals surface area contributed by atoms with Crippen LogP contribution in [0.2, 0.25) is 5.02 Å². The predicted molar refractivity (Wildman–Crippen MR) is 144 cm³/mol. The Labute approximate surface area is 222 Å². The Hall–Kier alpha value is -3.30. The number of carbonyl (C=O) groups is 1. The van der Waals surface area contributed by atoms with Crippen molar-refractivity contribution >= 4 is 38.9 Å². The van der Waals surface area contributed by atoms with Gasteiger partial charge in [0.25, 0.3) is 5.91 Å². The van der Waals surface area contributed by atoms with Gasteiger partial charge in [0.15, 0.2) is 6.61 Å². The molecule has 37 heavy (non-hydrogen) atoms. The SMILES string of the molecule is Cc1ccc(Cl)cc1N1CCN(C(=O)COc2ccc(N(Cc3ccc(F)cc3)S(C)(=O)=O)cc2)CC1. The Morgan fingerprint density at radius 1 is 1.00 bits per heavy atom. The Morgan fingerprint density at radius 3 is 2.27 bits per heavy atom. The number of aryl methyl sites for hydroxylation is 1. The summed E-state index contributed by atoms with van der Waals surface area (Å²) in [5.74, 6) is -0.0371. The smallest absolute Gasteiger partial charge is 0.260 e. The number of halogens is 2. The fourth-order valence-electron chi connectivity index (χ4n) is 4.22. The van der Waals surface area contributed by atoms with Gasteiger partial charge in [-0.3, -0.25) is 9.10 Å². The second-order valence-corrected chi connectivity index (χ2v) is 11.3. The highest BCUT2D eigenvalue weighted by Gasteiger charge is 2.23. The molecule has 7 nitrogen and oxygen atoms in total. The highest BCUT2D eigenvalue weighted by molar-refractivity contribution is 7.92. The third-order valence-corrected chi connectivity index (χ3v) is 7.65. The third kappa shape index (κ3) is 6.93. The zero-order valence-corrected chi connectivity index (χ0v) is 22.3. The summed E-state index contributed by atoms with van der Waals surface area (Å²) in [6, 6.07) is 18.0. The molecule has 0 bridgehead atoms. The fraction of sp³-hybridized carbons (Fsp3) is 0.296. The summed E-state index contributed by atoms with van der Waals surface area (Å²) >= 11 is 6.15. The molecule has 0 spiro atoms. The molecule has 0 radical (unpaired) electrons. The lowest BCUT2D eigenvalue weighted by Crippen LogP contribution is -2.50. The summed E-state index contributed by atoms with van der Waals surface area (Å²) in [7, 11) is -3.58. The molecule has 1 fully saturated rings. The summed E-state index contributed by atoms with van der Waals surface area (Å²) in [4.78, 5) is 16.7. The van der Waals surface area contributed by atoms with Gasteiger partial charge in [0, 0.05) is 36.9 Å². The predicted octanol–water partition coefficient (Wildman–Crippen LogP) is 4.48. The molecule has 1 aliphatic heterocycles. The molecule has 0 aliphatic carbocycles. The lowest BCUT2D eigenvalue weighted by Gasteiger charge is -2.36. The molecule has 0 saturated carbocycles. The minimum atomic E-state index is -3.58. The van der Waals surface area contributed by atoms with Gasteiger partial charge in [0.2, 0.25) is 10.0 Å². The number of hydrogen-bond acceptors (Lipinski definition) is 5. The van der Waals surface area contributed by atoms with E-state index in [1.54, 1.807) is 41.3 Å². The first kappa shape index (κ1) is 26.8. The number of anilines is 2. The van der Waals surface area contributed by atoms with Crippen LogP contribution in [0.25, 0.3) is 0 Å². The maximum Gasteiger partial charge on any atom is 0.260 e. The van der Waals surface area contributed by atoms with Crippen molar-refractivity contribution in [2.45, 2.75) is 13.5 Å². The number of piperazine rings is 1. The topological polar surface area (TPSA) is 70.2 Å². The molecule has 0 atom stereocenters. The molecule has 1 amide bonds. The zero-order valence-electron chi connectivity index (χ0n) is 20.7. The second-order valence-electron chi connectivity index (χ2n) is 8.98. The van der Waals surface area contributed by atoms with Crippen molar-refractivity contribution in [3.63, 3.8) is 0 Å². The van der Waals surface area contributed by atoms with Gasteiger partial charge in [-0.25, -0.2) is 12.8 Å². The van der Waals surface area contributed by atoms with Crippen molar-refractivity contribution in [2.75, 3.05) is 48.2 Å². The molecule has 1 saturated heterocycles. The number of nitrogens with zero attached hydrogens (tertiary/aromatic N) is 3. The summed E-state index contributed by atoms with van der Waals surface area (Å²) in [6.07, 6.45) is 1.12. The van der Waals surface area contributed by atoms with E-state index in [2.05, 4.69) is 4.90 Å². The molecule has 0 unspecified atom stereocenters. The molecule has 10 heteroatoms. The van der Waals surface area contributed by atoms with Crippen molar-refractivity contribution in [1.29, 1.82) is 0 Å². The number of hydrogen-bond donors (Lipinski definition) is 0. The van der Waals surface area contributed by atoms with Crippen molar-refractivity contribution in [3.8, 4) is 5.75 Å². The molecule has 196 valence electrons. The van der Waals surface area contributed by atoms with Crippen LogP contribution >= 0.6 is 11.6 Å². The zero-order chi connectivity index (χ0) is 26.6. The second kappa shape index (κ2) is 11.4. The van der Waals surface area contributed by atoms with Gasteiger partial charge >= 0.3 is 0 Å². The third-order valence-electron chi connectivity index (χ3n) is 6.27. The number of rotatable bonds is 8. The summed E-state index contributed by atoms with van der Waals surface area (Å²) < 4.78 is 44.9. The van der Waals surface area contributed by atoms with E-state index in [-0.39, 0.29) is 24.9 Å². The first-order valence-corrected chi connectivity index (χ1v) is 14.1. The van der Waals surface area contributed by atoms with Gasteiger partial charge in [-0.1, -0.05) is 29.8 Å². The fourth-order valence-corrected chi connectivity index (χ4v) is 5.28. The largest absolute Gasteiger partial charge is 0.484 e. The summed E-state index contributed by atoms with van der Waals surface area (Å²) in [6.45, 7) is 4.58. The average molecular weight is 546 g/mol. The molecular weight excluding hydrogens is 517 g/mol. The van der Waals surface area contributed by atoms with Crippen LogP contribution in [0.4, 0.5) is 15.8 Å². The van der Waals surface area contributed by atoms with Crippen LogP contribution < -0.4 is 13.9 Å². The minimum absolute atomic E-state index is 0.0679. The van der Waals surface area contributed by atoms with Crippen molar-refractivity contribution < 1.29 is 22.3 Å². The van der Waals surface area contributed by atoms with Crippen LogP contribution in [0.1, 0.15) is 11.1 Å². The quantitative estimate of drug-likeness (QED) is 0.417. The van der Waals surface area contributed by atoms with Crippen molar-refractivity contribution in [1.82, 2.24) is 4.90 Å². The molecule has 1 heterocycles. The van der Waals surface area contributed by atoms with Gasteiger partial charge in [-0.2, -0.15) is 0 Å². The Morgan fingerprint density at radius 2 is 1.65 bits per heavy atom. The molecule has 4 rings (SSSR count). The van der Waals surface area contributed by atoms with Gasteiger partial charge < -0.3 is 14.5 Å². The standard InChI is InChI=1S/C27H29ClFN3O4S/c1-20-3-6-22(28)17-26(20)30-13-15-31(16-14-30)27(33)19-36-25-11-9-24(10-12-25)32(37(2,34)35)18-21-4-7-23(29)8-5-21/h3-12,17H,13-16,18-19H2,1-2H3. The van der Waals surface area contributed by atoms with E-state index in [0.717, 1.165) is 17.5 Å². The monoisotopic (exact) mass is 545 g/mol. The van der Waals surface area contributed by atoms with Crippen LogP contribution in [0.15, 0.2) is 66.7 Å². The van der Waals surface area contributed by atoms with E-state index in [0.29, 0.717) is 48.2 Å². The van der Waals surface area contributed by atoms with Gasteiger partial charge in [0.05, 0.1) is 18.5 Å². The first-order chi connectivity index (χ1) is 17.6. The summed E-state index contributed by atoms with van der Waals surface area (Å²) in [5.41, 5.74) is 3.32. The van der Waals surface area contributed by atoms with E-state index in [1.165, 1.54) is 16.4 Å². The normalized spacial score (nSPS) is 13.9. The maximum absolute atomic E-state index is 13.2. The van der Waals surface area contributed by atoms with E-state index >= 15 is 0 Å². The highest BCUT2D eigenvalue weighted by atomic mass is 35.5. The van der Waals surface area contributed by atoms with Crippen LogP contribution in [-0.2, 0) is 21.4 Å². The number of ether oxygens (including phenoxy) is 1. The van der Waals surface area contributed by atoms with E-state index in [1.807, 2.05) is 25.1 Å². The average Bonchev–Trinajstić information content (AvgIpc) is 2.88. The number of carbonyl (C=O) groups excluding carboxylic acids is 1. The summed E-state index contributed by atoms with van der Waals surface area (Å²) in [5, 5.41) is 0.689. The number of benzene rings is 3. The molecular formula is C27H29ClFN3O4S. The molecule has 1 aliphatic rings. The molecule has 3 aromatic rings. The van der Waals surface area contributed by atoms with E-state index in [4.69, 9.17) is 16.3 Å². The van der Waals surface area contributed by atoms with Crippen LogP contribution in [0.3, 0.4) is 0 Å². The van der Waals surface area contributed by atoms with Crippen LogP contribution in [0.5, 0.6) is 5.75 Å². The Balaban J connectivity index is 1.32. The van der Waals surface area contributed by atoms with Crippen LogP contribution in [0, 0.1) is 12.7 Å². The lowest BCUT2D eigenvalue weighted by molar-refractivity contribution is -0.133. The van der Waals surface area contributed by atoms with Gasteiger partial charge in [-0.15, -0.1) is 0 Å². The molecule has 3 aromatic carbocycles. The number of sulfonamides is 1. The van der Waals surface area contributed by atoms with Crippen molar-refractivity contribution in [3.05, 3.63) is 88.7 Å². The number of amides is 1. The van der Waals surface area contributed by atoms with Gasteiger partial charge in [-0.05, 0) is 66.6 Å². The Bertz CT molecular complexity index is 1340. The highest BCUT2D eigenvalue weighted by Crippen LogP contribution is 2.26. The van der Waals surface area contributed by atoms with E-state index < -0.39 is 10.0 Å². The first-order valence-electron chi connectivity index (χ1n) is 11.8. The molecule has 0 N–H and O–H groups in total. The minimum Gasteiger partial charge on any atom is -0.484 e. The maximum atomic E-state index is 13.2. The Kier molecular flexibility index (Phi) is 8.24.